The highest BCUT2D eigenvalue weighted by atomic mass is 16.2. The van der Waals surface area contributed by atoms with E-state index in [0.717, 1.165) is 5.56 Å². The van der Waals surface area contributed by atoms with Gasteiger partial charge in [0.2, 0.25) is 0 Å². The normalized spacial score (nSPS) is 10.3. The fraction of sp³-hybridized carbons (Fsp3) is 0.385. The Bertz CT molecular complexity index is 396. The van der Waals surface area contributed by atoms with Crippen molar-refractivity contribution in [1.82, 2.24) is 5.32 Å². The maximum Gasteiger partial charge on any atom is 0.309 e. The van der Waals surface area contributed by atoms with Crippen molar-refractivity contribution in [3.8, 4) is 0 Å². The van der Waals surface area contributed by atoms with Crippen LogP contribution in [0.1, 0.15) is 30.9 Å². The minimum absolute atomic E-state index is 0.419. The molecule has 0 aliphatic carbocycles. The van der Waals surface area contributed by atoms with Gasteiger partial charge in [-0.3, -0.25) is 9.59 Å². The van der Waals surface area contributed by atoms with Gasteiger partial charge in [-0.1, -0.05) is 38.1 Å². The third-order valence-electron chi connectivity index (χ3n) is 2.57. The summed E-state index contributed by atoms with van der Waals surface area (Å²) in [4.78, 5) is 21.4. The molecule has 92 valence electrons. The number of nitrogens with two attached hydrogens (primary N) is 1. The van der Waals surface area contributed by atoms with Crippen molar-refractivity contribution < 1.29 is 9.59 Å². The second-order valence-corrected chi connectivity index (χ2v) is 4.27. The number of benzene rings is 1. The molecule has 3 N–H and O–H groups in total. The summed E-state index contributed by atoms with van der Waals surface area (Å²) < 4.78 is 0. The molecule has 0 atom stereocenters. The molecule has 0 saturated carbocycles. The standard InChI is InChI=1S/C13H18N2O2/c1-9(2)11-5-3-10(4-6-11)7-8-15-13(17)12(14)16/h3-6,9H,7-8H2,1-2H3,(H2,14,16)(H,15,17). The van der Waals surface area contributed by atoms with Crippen LogP contribution in [0.3, 0.4) is 0 Å². The topological polar surface area (TPSA) is 72.2 Å². The van der Waals surface area contributed by atoms with E-state index in [-0.39, 0.29) is 0 Å². The Morgan fingerprint density at radius 1 is 1.24 bits per heavy atom. The van der Waals surface area contributed by atoms with Crippen LogP contribution in [0, 0.1) is 0 Å². The molecule has 0 spiro atoms. The van der Waals surface area contributed by atoms with Crippen molar-refractivity contribution in [1.29, 1.82) is 0 Å². The summed E-state index contributed by atoms with van der Waals surface area (Å²) in [6, 6.07) is 8.23. The second kappa shape index (κ2) is 6.03. The van der Waals surface area contributed by atoms with Gasteiger partial charge in [-0.25, -0.2) is 0 Å². The lowest BCUT2D eigenvalue weighted by atomic mass is 10.0. The highest BCUT2D eigenvalue weighted by molar-refractivity contribution is 6.34. The van der Waals surface area contributed by atoms with Crippen molar-refractivity contribution >= 4 is 11.8 Å². The van der Waals surface area contributed by atoms with Crippen LogP contribution in [-0.2, 0) is 16.0 Å². The molecule has 4 nitrogen and oxygen atoms in total. The Hall–Kier alpha value is -1.84. The maximum absolute atomic E-state index is 10.9. The first-order valence-corrected chi connectivity index (χ1v) is 5.67. The van der Waals surface area contributed by atoms with Gasteiger partial charge in [0, 0.05) is 6.54 Å². The van der Waals surface area contributed by atoms with Crippen LogP contribution in [0.2, 0.25) is 0 Å². The van der Waals surface area contributed by atoms with Gasteiger partial charge >= 0.3 is 11.8 Å². The summed E-state index contributed by atoms with van der Waals surface area (Å²) >= 11 is 0. The first-order valence-electron chi connectivity index (χ1n) is 5.67. The van der Waals surface area contributed by atoms with Crippen LogP contribution in [0.4, 0.5) is 0 Å². The number of nitrogens with one attached hydrogen (secondary N) is 1. The molecule has 0 heterocycles. The Labute approximate surface area is 101 Å². The molecule has 0 aliphatic rings. The summed E-state index contributed by atoms with van der Waals surface area (Å²) in [5.41, 5.74) is 7.23. The molecule has 0 aromatic heterocycles. The summed E-state index contributed by atoms with van der Waals surface area (Å²) in [7, 11) is 0. The van der Waals surface area contributed by atoms with E-state index in [0.29, 0.717) is 18.9 Å². The molecule has 2 amide bonds. The average molecular weight is 234 g/mol. The average Bonchev–Trinajstić information content (AvgIpc) is 2.29. The predicted molar refractivity (Wildman–Crippen MR) is 66.4 cm³/mol. The first-order chi connectivity index (χ1) is 8.00. The molecule has 0 saturated heterocycles. The van der Waals surface area contributed by atoms with Gasteiger partial charge in [0.1, 0.15) is 0 Å². The van der Waals surface area contributed by atoms with Crippen molar-refractivity contribution in [2.24, 2.45) is 5.73 Å². The van der Waals surface area contributed by atoms with Gasteiger partial charge in [-0.2, -0.15) is 0 Å². The van der Waals surface area contributed by atoms with Gasteiger partial charge in [0.25, 0.3) is 0 Å². The molecule has 0 radical (unpaired) electrons. The van der Waals surface area contributed by atoms with Gasteiger partial charge in [-0.15, -0.1) is 0 Å². The number of hydrogen-bond acceptors (Lipinski definition) is 2. The Kier molecular flexibility index (Phi) is 4.69. The monoisotopic (exact) mass is 234 g/mol. The third kappa shape index (κ3) is 4.26. The summed E-state index contributed by atoms with van der Waals surface area (Å²) in [5.74, 6) is -1.16. The first kappa shape index (κ1) is 13.2. The highest BCUT2D eigenvalue weighted by Crippen LogP contribution is 2.14. The van der Waals surface area contributed by atoms with Crippen molar-refractivity contribution in [2.45, 2.75) is 26.2 Å². The molecule has 0 bridgehead atoms. The SMILES string of the molecule is CC(C)c1ccc(CCNC(=O)C(N)=O)cc1. The molecule has 1 aromatic rings. The Morgan fingerprint density at radius 3 is 2.29 bits per heavy atom. The minimum atomic E-state index is -0.944. The molecule has 4 heteroatoms. The van der Waals surface area contributed by atoms with E-state index in [1.54, 1.807) is 0 Å². The summed E-state index contributed by atoms with van der Waals surface area (Å²) in [5, 5.41) is 2.45. The molecule has 17 heavy (non-hydrogen) atoms. The number of carbonyl (C=O) groups excluding carboxylic acids is 2. The van der Waals surface area contributed by atoms with Crippen LogP contribution < -0.4 is 11.1 Å². The van der Waals surface area contributed by atoms with E-state index in [9.17, 15) is 9.59 Å². The fourth-order valence-electron chi connectivity index (χ4n) is 1.48. The van der Waals surface area contributed by atoms with Crippen LogP contribution in [-0.4, -0.2) is 18.4 Å². The molecule has 0 unspecified atom stereocenters. The zero-order chi connectivity index (χ0) is 12.8. The Balaban J connectivity index is 2.42. The smallest absolute Gasteiger partial charge is 0.309 e. The Morgan fingerprint density at radius 2 is 1.82 bits per heavy atom. The molecule has 0 aliphatic heterocycles. The second-order valence-electron chi connectivity index (χ2n) is 4.27. The zero-order valence-electron chi connectivity index (χ0n) is 10.2. The lowest BCUT2D eigenvalue weighted by Gasteiger charge is -2.07. The lowest BCUT2D eigenvalue weighted by molar-refractivity contribution is -0.137. The lowest BCUT2D eigenvalue weighted by Crippen LogP contribution is -2.37. The number of hydrogen-bond donors (Lipinski definition) is 2. The van der Waals surface area contributed by atoms with Crippen LogP contribution in [0.15, 0.2) is 24.3 Å². The fourth-order valence-corrected chi connectivity index (χ4v) is 1.48. The van der Waals surface area contributed by atoms with Crippen LogP contribution >= 0.6 is 0 Å². The largest absolute Gasteiger partial charge is 0.361 e. The predicted octanol–water partition coefficient (Wildman–Crippen LogP) is 0.954. The van der Waals surface area contributed by atoms with E-state index < -0.39 is 11.8 Å². The number of primary amides is 1. The van der Waals surface area contributed by atoms with Gasteiger partial charge < -0.3 is 11.1 Å². The molecule has 1 rings (SSSR count). The molecular formula is C13H18N2O2. The van der Waals surface area contributed by atoms with Crippen molar-refractivity contribution in [3.63, 3.8) is 0 Å². The number of carbonyl (C=O) groups is 2. The molecular weight excluding hydrogens is 216 g/mol. The van der Waals surface area contributed by atoms with E-state index in [1.807, 2.05) is 12.1 Å². The highest BCUT2D eigenvalue weighted by Gasteiger charge is 2.06. The maximum atomic E-state index is 10.9. The van der Waals surface area contributed by atoms with E-state index in [4.69, 9.17) is 5.73 Å². The van der Waals surface area contributed by atoms with Gasteiger partial charge in [0.15, 0.2) is 0 Å². The number of rotatable bonds is 4. The van der Waals surface area contributed by atoms with Crippen molar-refractivity contribution in [3.05, 3.63) is 35.4 Å². The molecule has 1 aromatic carbocycles. The van der Waals surface area contributed by atoms with Crippen molar-refractivity contribution in [2.75, 3.05) is 6.54 Å². The molecule has 0 fully saturated rings. The third-order valence-corrected chi connectivity index (χ3v) is 2.57. The van der Waals surface area contributed by atoms with E-state index >= 15 is 0 Å². The zero-order valence-corrected chi connectivity index (χ0v) is 10.2. The van der Waals surface area contributed by atoms with Crippen LogP contribution in [0.25, 0.3) is 0 Å². The van der Waals surface area contributed by atoms with Crippen LogP contribution in [0.5, 0.6) is 0 Å². The number of amides is 2. The quantitative estimate of drug-likeness (QED) is 0.761. The summed E-state index contributed by atoms with van der Waals surface area (Å²) in [6.07, 6.45) is 0.692. The van der Waals surface area contributed by atoms with E-state index in [2.05, 4.69) is 31.3 Å². The summed E-state index contributed by atoms with van der Waals surface area (Å²) in [6.45, 7) is 4.70. The van der Waals surface area contributed by atoms with Gasteiger partial charge in [-0.05, 0) is 23.5 Å². The van der Waals surface area contributed by atoms with Gasteiger partial charge in [0.05, 0.1) is 0 Å². The minimum Gasteiger partial charge on any atom is -0.361 e. The van der Waals surface area contributed by atoms with E-state index in [1.165, 1.54) is 5.56 Å².